The first-order valence-corrected chi connectivity index (χ1v) is 11.7. The Morgan fingerprint density at radius 3 is 2.26 bits per heavy atom. The van der Waals surface area contributed by atoms with Gasteiger partial charge in [-0.3, -0.25) is 4.79 Å². The van der Waals surface area contributed by atoms with E-state index in [0.29, 0.717) is 26.6 Å². The van der Waals surface area contributed by atoms with Crippen LogP contribution >= 0.6 is 34.8 Å². The third-order valence-corrected chi connectivity index (χ3v) is 6.59. The van der Waals surface area contributed by atoms with Crippen molar-refractivity contribution >= 4 is 40.7 Å². The largest absolute Gasteiger partial charge is 0.347 e. The van der Waals surface area contributed by atoms with Gasteiger partial charge < -0.3 is 9.88 Å². The van der Waals surface area contributed by atoms with Crippen molar-refractivity contribution in [1.29, 1.82) is 0 Å². The Morgan fingerprint density at radius 1 is 0.968 bits per heavy atom. The molecule has 1 fully saturated rings. The molecule has 1 saturated carbocycles. The zero-order valence-corrected chi connectivity index (χ0v) is 19.6. The summed E-state index contributed by atoms with van der Waals surface area (Å²) in [5, 5.41) is 4.87. The first kappa shape index (κ1) is 22.2. The number of halogens is 3. The van der Waals surface area contributed by atoms with Crippen LogP contribution in [0.2, 0.25) is 15.1 Å². The van der Waals surface area contributed by atoms with Crippen LogP contribution in [0.4, 0.5) is 0 Å². The van der Waals surface area contributed by atoms with E-state index in [9.17, 15) is 4.79 Å². The predicted molar refractivity (Wildman–Crippen MR) is 128 cm³/mol. The number of imidazole rings is 1. The molecule has 0 spiro atoms. The molecule has 3 aromatic rings. The zero-order chi connectivity index (χ0) is 22.0. The normalized spacial score (nSPS) is 15.0. The van der Waals surface area contributed by atoms with Gasteiger partial charge in [-0.15, -0.1) is 0 Å². The van der Waals surface area contributed by atoms with Gasteiger partial charge in [-0.25, -0.2) is 4.98 Å². The smallest absolute Gasteiger partial charge is 0.287 e. The van der Waals surface area contributed by atoms with Crippen LogP contribution in [-0.4, -0.2) is 21.5 Å². The number of nitrogens with one attached hydrogen (secondary N) is 1. The summed E-state index contributed by atoms with van der Waals surface area (Å²) in [5.74, 6) is 0.191. The van der Waals surface area contributed by atoms with Gasteiger partial charge in [0.05, 0.1) is 16.4 Å². The highest BCUT2D eigenvalue weighted by atomic mass is 35.5. The molecule has 0 saturated heterocycles. The average molecular weight is 477 g/mol. The van der Waals surface area contributed by atoms with Gasteiger partial charge in [-0.05, 0) is 43.2 Å². The van der Waals surface area contributed by atoms with Crippen molar-refractivity contribution < 1.29 is 4.79 Å². The Hall–Kier alpha value is -2.01. The van der Waals surface area contributed by atoms with E-state index in [1.807, 2.05) is 41.9 Å². The third kappa shape index (κ3) is 4.92. The number of amides is 1. The van der Waals surface area contributed by atoms with E-state index < -0.39 is 0 Å². The van der Waals surface area contributed by atoms with Crippen molar-refractivity contribution in [3.63, 3.8) is 0 Å². The lowest BCUT2D eigenvalue weighted by Crippen LogP contribution is -2.35. The average Bonchev–Trinajstić information content (AvgIpc) is 2.89. The Bertz CT molecular complexity index is 1080. The molecule has 0 radical (unpaired) electrons. The molecular formula is C24H24Cl3N3O. The predicted octanol–water partition coefficient (Wildman–Crippen LogP) is 7.17. The van der Waals surface area contributed by atoms with Gasteiger partial charge in [0.1, 0.15) is 0 Å². The molecule has 1 aliphatic carbocycles. The van der Waals surface area contributed by atoms with E-state index in [0.717, 1.165) is 42.5 Å². The summed E-state index contributed by atoms with van der Waals surface area (Å²) in [6.45, 7) is 0. The van der Waals surface area contributed by atoms with Crippen molar-refractivity contribution in [3.05, 3.63) is 63.4 Å². The van der Waals surface area contributed by atoms with Gasteiger partial charge in [0, 0.05) is 34.3 Å². The summed E-state index contributed by atoms with van der Waals surface area (Å²) < 4.78 is 1.83. The molecule has 31 heavy (non-hydrogen) atoms. The maximum Gasteiger partial charge on any atom is 0.287 e. The molecule has 1 heterocycles. The standard InChI is InChI=1S/C24H24Cl3N3O/c1-30-22(15-8-10-16(25)11-9-15)21(19-13-12-17(26)14-20(19)27)29-23(30)24(31)28-18-6-4-2-3-5-7-18/h8-14,18H,2-7H2,1H3,(H,28,31). The Balaban J connectivity index is 1.78. The van der Waals surface area contributed by atoms with Crippen LogP contribution in [0.25, 0.3) is 22.5 Å². The lowest BCUT2D eigenvalue weighted by molar-refractivity contribution is 0.0920. The molecule has 0 unspecified atom stereocenters. The molecule has 1 aromatic heterocycles. The van der Waals surface area contributed by atoms with Crippen molar-refractivity contribution in [2.24, 2.45) is 7.05 Å². The number of benzene rings is 2. The zero-order valence-electron chi connectivity index (χ0n) is 17.3. The van der Waals surface area contributed by atoms with Crippen LogP contribution < -0.4 is 5.32 Å². The van der Waals surface area contributed by atoms with Gasteiger partial charge in [0.15, 0.2) is 5.82 Å². The van der Waals surface area contributed by atoms with Crippen LogP contribution in [0, 0.1) is 0 Å². The minimum absolute atomic E-state index is 0.166. The Kier molecular flexibility index (Phi) is 6.90. The first-order chi connectivity index (χ1) is 14.9. The number of aromatic nitrogens is 2. The fraction of sp³-hybridized carbons (Fsp3) is 0.333. The van der Waals surface area contributed by atoms with Crippen molar-refractivity contribution in [3.8, 4) is 22.5 Å². The maximum atomic E-state index is 13.2. The van der Waals surface area contributed by atoms with E-state index in [-0.39, 0.29) is 11.9 Å². The Morgan fingerprint density at radius 2 is 1.61 bits per heavy atom. The SMILES string of the molecule is Cn1c(C(=O)NC2CCCCCC2)nc(-c2ccc(Cl)cc2Cl)c1-c1ccc(Cl)cc1. The van der Waals surface area contributed by atoms with Gasteiger partial charge >= 0.3 is 0 Å². The molecule has 1 N–H and O–H groups in total. The second kappa shape index (κ2) is 9.64. The van der Waals surface area contributed by atoms with Crippen LogP contribution in [0.5, 0.6) is 0 Å². The summed E-state index contributed by atoms with van der Waals surface area (Å²) in [6.07, 6.45) is 6.77. The molecular weight excluding hydrogens is 453 g/mol. The lowest BCUT2D eigenvalue weighted by Gasteiger charge is -2.16. The topological polar surface area (TPSA) is 46.9 Å². The first-order valence-electron chi connectivity index (χ1n) is 10.5. The summed E-state index contributed by atoms with van der Waals surface area (Å²) in [6, 6.07) is 13.0. The number of carbonyl (C=O) groups is 1. The second-order valence-corrected chi connectivity index (χ2v) is 9.26. The molecule has 162 valence electrons. The number of rotatable bonds is 4. The van der Waals surface area contributed by atoms with E-state index in [1.54, 1.807) is 12.1 Å². The molecule has 0 atom stereocenters. The minimum atomic E-state index is -0.166. The quantitative estimate of drug-likeness (QED) is 0.406. The van der Waals surface area contributed by atoms with E-state index >= 15 is 0 Å². The molecule has 4 nitrogen and oxygen atoms in total. The van der Waals surface area contributed by atoms with Crippen molar-refractivity contribution in [1.82, 2.24) is 14.9 Å². The van der Waals surface area contributed by atoms with Crippen LogP contribution in [0.15, 0.2) is 42.5 Å². The highest BCUT2D eigenvalue weighted by Gasteiger charge is 2.25. The number of hydrogen-bond acceptors (Lipinski definition) is 2. The van der Waals surface area contributed by atoms with E-state index in [2.05, 4.69) is 5.32 Å². The summed E-state index contributed by atoms with van der Waals surface area (Å²) in [4.78, 5) is 17.9. The van der Waals surface area contributed by atoms with Gasteiger partial charge in [-0.2, -0.15) is 0 Å². The molecule has 0 aliphatic heterocycles. The summed E-state index contributed by atoms with van der Waals surface area (Å²) in [7, 11) is 1.85. The van der Waals surface area contributed by atoms with E-state index in [4.69, 9.17) is 39.8 Å². The van der Waals surface area contributed by atoms with Crippen LogP contribution in [0.1, 0.15) is 49.1 Å². The van der Waals surface area contributed by atoms with Gasteiger partial charge in [0.25, 0.3) is 5.91 Å². The molecule has 7 heteroatoms. The third-order valence-electron chi connectivity index (χ3n) is 5.79. The highest BCUT2D eigenvalue weighted by molar-refractivity contribution is 6.36. The summed E-state index contributed by atoms with van der Waals surface area (Å²) >= 11 is 18.7. The Labute approximate surface area is 197 Å². The lowest BCUT2D eigenvalue weighted by atomic mass is 10.0. The summed E-state index contributed by atoms with van der Waals surface area (Å²) in [5.41, 5.74) is 3.05. The number of nitrogens with zero attached hydrogens (tertiary/aromatic N) is 2. The van der Waals surface area contributed by atoms with Crippen molar-refractivity contribution in [2.45, 2.75) is 44.6 Å². The van der Waals surface area contributed by atoms with E-state index in [1.165, 1.54) is 12.8 Å². The minimum Gasteiger partial charge on any atom is -0.347 e. The molecule has 1 aliphatic rings. The van der Waals surface area contributed by atoms with Crippen LogP contribution in [-0.2, 0) is 7.05 Å². The molecule has 4 rings (SSSR count). The molecule has 0 bridgehead atoms. The fourth-order valence-corrected chi connectivity index (χ4v) is 4.81. The highest BCUT2D eigenvalue weighted by Crippen LogP contribution is 2.37. The number of carbonyl (C=O) groups excluding carboxylic acids is 1. The van der Waals surface area contributed by atoms with Crippen molar-refractivity contribution in [2.75, 3.05) is 0 Å². The monoisotopic (exact) mass is 475 g/mol. The molecule has 1 amide bonds. The second-order valence-electron chi connectivity index (χ2n) is 7.98. The molecule has 2 aromatic carbocycles. The van der Waals surface area contributed by atoms with Gasteiger partial charge in [-0.1, -0.05) is 72.6 Å². The number of hydrogen-bond donors (Lipinski definition) is 1. The van der Waals surface area contributed by atoms with Gasteiger partial charge in [0.2, 0.25) is 0 Å². The fourth-order valence-electron chi connectivity index (χ4n) is 4.18. The van der Waals surface area contributed by atoms with Crippen LogP contribution in [0.3, 0.4) is 0 Å². The maximum absolute atomic E-state index is 13.2.